The molecule has 4 N–H and O–H groups in total. The van der Waals surface area contributed by atoms with E-state index >= 15 is 0 Å². The number of anilines is 1. The Labute approximate surface area is 83.5 Å². The van der Waals surface area contributed by atoms with Gasteiger partial charge in [-0.2, -0.15) is 0 Å². The van der Waals surface area contributed by atoms with Crippen LogP contribution in [0, 0.1) is 0 Å². The molecule has 2 aromatic carbocycles. The summed E-state index contributed by atoms with van der Waals surface area (Å²) in [6.07, 6.45) is 0. The third kappa shape index (κ3) is 1.34. The lowest BCUT2D eigenvalue weighted by molar-refractivity contribution is 0.823. The average Bonchev–Trinajstić information content (AvgIpc) is 2.18. The van der Waals surface area contributed by atoms with E-state index in [9.17, 15) is 0 Å². The fourth-order valence-electron chi connectivity index (χ4n) is 1.71. The predicted molar refractivity (Wildman–Crippen MR) is 61.0 cm³/mol. The van der Waals surface area contributed by atoms with Crippen LogP contribution >= 0.6 is 0 Å². The van der Waals surface area contributed by atoms with Gasteiger partial charge in [-0.05, 0) is 17.9 Å². The van der Waals surface area contributed by atoms with Crippen molar-refractivity contribution in [1.82, 2.24) is 0 Å². The number of nitrogens with two attached hydrogens (primary N) is 2. The van der Waals surface area contributed by atoms with Crippen LogP contribution in [0.25, 0.3) is 10.8 Å². The molecule has 0 radical (unpaired) electrons. The zero-order valence-corrected chi connectivity index (χ0v) is 8.20. The van der Waals surface area contributed by atoms with Crippen LogP contribution in [0.3, 0.4) is 0 Å². The molecule has 0 unspecified atom stereocenters. The van der Waals surface area contributed by atoms with Gasteiger partial charge in [0.2, 0.25) is 0 Å². The third-order valence-corrected chi connectivity index (χ3v) is 2.49. The summed E-state index contributed by atoms with van der Waals surface area (Å²) in [6.45, 7) is 1.94. The molecule has 0 heterocycles. The van der Waals surface area contributed by atoms with Crippen LogP contribution in [0.1, 0.15) is 18.5 Å². The van der Waals surface area contributed by atoms with Gasteiger partial charge in [-0.1, -0.05) is 36.4 Å². The van der Waals surface area contributed by atoms with Crippen LogP contribution in [-0.4, -0.2) is 0 Å². The molecule has 2 rings (SSSR count). The largest absolute Gasteiger partial charge is 0.398 e. The van der Waals surface area contributed by atoms with Crippen molar-refractivity contribution in [2.75, 3.05) is 5.73 Å². The van der Waals surface area contributed by atoms with E-state index in [2.05, 4.69) is 12.1 Å². The van der Waals surface area contributed by atoms with E-state index in [-0.39, 0.29) is 6.04 Å². The summed E-state index contributed by atoms with van der Waals surface area (Å²) >= 11 is 0. The molecular weight excluding hydrogens is 172 g/mol. The highest BCUT2D eigenvalue weighted by molar-refractivity contribution is 5.94. The molecule has 72 valence electrons. The second-order valence-electron chi connectivity index (χ2n) is 3.58. The highest BCUT2D eigenvalue weighted by Gasteiger charge is 2.06. The second kappa shape index (κ2) is 3.31. The molecule has 0 saturated carbocycles. The van der Waals surface area contributed by atoms with Crippen LogP contribution < -0.4 is 11.5 Å². The van der Waals surface area contributed by atoms with Gasteiger partial charge in [0.25, 0.3) is 0 Å². The maximum absolute atomic E-state index is 6.04. The van der Waals surface area contributed by atoms with Crippen LogP contribution in [0.2, 0.25) is 0 Å². The number of nitrogen functional groups attached to an aromatic ring is 1. The molecule has 2 nitrogen and oxygen atoms in total. The van der Waals surface area contributed by atoms with Gasteiger partial charge in [0.05, 0.1) is 0 Å². The highest BCUT2D eigenvalue weighted by Crippen LogP contribution is 2.27. The summed E-state index contributed by atoms with van der Waals surface area (Å²) in [4.78, 5) is 0. The van der Waals surface area contributed by atoms with E-state index in [0.717, 1.165) is 22.0 Å². The smallest absolute Gasteiger partial charge is 0.0442 e. The molecule has 2 heteroatoms. The van der Waals surface area contributed by atoms with Gasteiger partial charge in [0, 0.05) is 17.1 Å². The monoisotopic (exact) mass is 186 g/mol. The van der Waals surface area contributed by atoms with E-state index in [4.69, 9.17) is 11.5 Å². The maximum atomic E-state index is 6.04. The first kappa shape index (κ1) is 9.03. The fourth-order valence-corrected chi connectivity index (χ4v) is 1.71. The number of rotatable bonds is 1. The van der Waals surface area contributed by atoms with Gasteiger partial charge in [0.15, 0.2) is 0 Å². The molecule has 1 atom stereocenters. The minimum Gasteiger partial charge on any atom is -0.398 e. The lowest BCUT2D eigenvalue weighted by Gasteiger charge is -2.11. The highest BCUT2D eigenvalue weighted by atomic mass is 14.7. The molecule has 0 bridgehead atoms. The van der Waals surface area contributed by atoms with Crippen molar-refractivity contribution < 1.29 is 0 Å². The summed E-state index contributed by atoms with van der Waals surface area (Å²) in [5, 5.41) is 2.25. The standard InChI is InChI=1S/C12H14N2/c1-8(13)10-7-6-9-4-2-3-5-11(9)12(10)14/h2-8H,13-14H2,1H3/t8-/m1/s1. The quantitative estimate of drug-likeness (QED) is 0.672. The van der Waals surface area contributed by atoms with E-state index < -0.39 is 0 Å². The lowest BCUT2D eigenvalue weighted by atomic mass is 10.0. The summed E-state index contributed by atoms with van der Waals surface area (Å²) in [5.41, 5.74) is 13.7. The van der Waals surface area contributed by atoms with Crippen molar-refractivity contribution in [2.45, 2.75) is 13.0 Å². The summed E-state index contributed by atoms with van der Waals surface area (Å²) in [5.74, 6) is 0. The number of hydrogen-bond donors (Lipinski definition) is 2. The molecule has 0 saturated heterocycles. The Kier molecular flexibility index (Phi) is 2.14. The van der Waals surface area contributed by atoms with Crippen LogP contribution in [0.4, 0.5) is 5.69 Å². The average molecular weight is 186 g/mol. The van der Waals surface area contributed by atoms with Gasteiger partial charge >= 0.3 is 0 Å². The Hall–Kier alpha value is -1.54. The summed E-state index contributed by atoms with van der Waals surface area (Å²) in [7, 11) is 0. The molecule has 0 aliphatic carbocycles. The minimum atomic E-state index is -0.0143. The SMILES string of the molecule is C[C@@H](N)c1ccc2ccccc2c1N. The number of benzene rings is 2. The Morgan fingerprint density at radius 2 is 1.79 bits per heavy atom. The molecule has 0 fully saturated rings. The zero-order valence-electron chi connectivity index (χ0n) is 8.20. The van der Waals surface area contributed by atoms with Gasteiger partial charge in [-0.3, -0.25) is 0 Å². The Morgan fingerprint density at radius 3 is 2.50 bits per heavy atom. The van der Waals surface area contributed by atoms with Crippen molar-refractivity contribution in [1.29, 1.82) is 0 Å². The molecule has 0 spiro atoms. The fraction of sp³-hybridized carbons (Fsp3) is 0.167. The molecule has 0 aromatic heterocycles. The van der Waals surface area contributed by atoms with Crippen molar-refractivity contribution in [3.63, 3.8) is 0 Å². The third-order valence-electron chi connectivity index (χ3n) is 2.49. The van der Waals surface area contributed by atoms with Crippen molar-refractivity contribution >= 4 is 16.5 Å². The van der Waals surface area contributed by atoms with Crippen molar-refractivity contribution in [3.8, 4) is 0 Å². The zero-order chi connectivity index (χ0) is 10.1. The Bertz CT molecular complexity index is 461. The second-order valence-corrected chi connectivity index (χ2v) is 3.58. The minimum absolute atomic E-state index is 0.0143. The summed E-state index contributed by atoms with van der Waals surface area (Å²) < 4.78 is 0. The number of hydrogen-bond acceptors (Lipinski definition) is 2. The first-order chi connectivity index (χ1) is 6.70. The maximum Gasteiger partial charge on any atom is 0.0442 e. The lowest BCUT2D eigenvalue weighted by Crippen LogP contribution is -2.08. The molecule has 0 aliphatic heterocycles. The molecular formula is C12H14N2. The summed E-state index contributed by atoms with van der Waals surface area (Å²) in [6, 6.07) is 12.1. The predicted octanol–water partition coefficient (Wildman–Crippen LogP) is 2.44. The topological polar surface area (TPSA) is 52.0 Å². The van der Waals surface area contributed by atoms with Crippen LogP contribution in [0.15, 0.2) is 36.4 Å². The van der Waals surface area contributed by atoms with E-state index in [1.165, 1.54) is 0 Å². The molecule has 14 heavy (non-hydrogen) atoms. The van der Waals surface area contributed by atoms with E-state index in [1.807, 2.05) is 31.2 Å². The Balaban J connectivity index is 2.75. The van der Waals surface area contributed by atoms with E-state index in [0.29, 0.717) is 0 Å². The van der Waals surface area contributed by atoms with E-state index in [1.54, 1.807) is 0 Å². The van der Waals surface area contributed by atoms with Gasteiger partial charge in [-0.25, -0.2) is 0 Å². The molecule has 2 aromatic rings. The molecule has 0 aliphatic rings. The van der Waals surface area contributed by atoms with Gasteiger partial charge in [-0.15, -0.1) is 0 Å². The first-order valence-corrected chi connectivity index (χ1v) is 4.73. The van der Waals surface area contributed by atoms with Gasteiger partial charge in [0.1, 0.15) is 0 Å². The van der Waals surface area contributed by atoms with Gasteiger partial charge < -0.3 is 11.5 Å². The van der Waals surface area contributed by atoms with Crippen LogP contribution in [0.5, 0.6) is 0 Å². The normalized spacial score (nSPS) is 13.0. The molecule has 0 amide bonds. The van der Waals surface area contributed by atoms with Crippen molar-refractivity contribution in [2.24, 2.45) is 5.73 Å². The number of fused-ring (bicyclic) bond motifs is 1. The van der Waals surface area contributed by atoms with Crippen LogP contribution in [-0.2, 0) is 0 Å². The first-order valence-electron chi connectivity index (χ1n) is 4.73. The van der Waals surface area contributed by atoms with Crippen molar-refractivity contribution in [3.05, 3.63) is 42.0 Å². The Morgan fingerprint density at radius 1 is 1.07 bits per heavy atom.